The van der Waals surface area contributed by atoms with Gasteiger partial charge in [-0.15, -0.1) is 0 Å². The van der Waals surface area contributed by atoms with Gasteiger partial charge in [0.25, 0.3) is 5.91 Å². The van der Waals surface area contributed by atoms with Gasteiger partial charge in [-0.05, 0) is 25.0 Å². The maximum Gasteiger partial charge on any atom is 0.273 e. The Bertz CT molecular complexity index is 1140. The van der Waals surface area contributed by atoms with Crippen LogP contribution in [0.4, 0.5) is 4.39 Å². The van der Waals surface area contributed by atoms with Crippen LogP contribution >= 0.6 is 11.6 Å². The van der Waals surface area contributed by atoms with E-state index in [1.807, 2.05) is 6.92 Å². The lowest BCUT2D eigenvalue weighted by Crippen LogP contribution is -2.57. The molecule has 36 heavy (non-hydrogen) atoms. The molecule has 3 aliphatic rings. The van der Waals surface area contributed by atoms with E-state index in [2.05, 4.69) is 10.3 Å². The first-order valence-electron chi connectivity index (χ1n) is 11.6. The van der Waals surface area contributed by atoms with Crippen molar-refractivity contribution in [2.75, 3.05) is 26.9 Å². The molecule has 1 aromatic rings. The Hall–Kier alpha value is -3.15. The fourth-order valence-corrected chi connectivity index (χ4v) is 4.46. The molecule has 1 aromatic carbocycles. The molecule has 3 heterocycles. The van der Waals surface area contributed by atoms with Gasteiger partial charge < -0.3 is 34.8 Å². The third-order valence-electron chi connectivity index (χ3n) is 6.37. The third-order valence-corrected chi connectivity index (χ3v) is 6.66. The average molecular weight is 523 g/mol. The number of likely N-dealkylation sites (N-methyl/N-ethyl adjacent to an activating group) is 1. The second-order valence-electron chi connectivity index (χ2n) is 8.65. The van der Waals surface area contributed by atoms with Crippen molar-refractivity contribution in [3.63, 3.8) is 0 Å². The van der Waals surface area contributed by atoms with E-state index in [4.69, 9.17) is 21.1 Å². The molecule has 2 unspecified atom stereocenters. The second kappa shape index (κ2) is 10.9. The Balaban J connectivity index is 1.78. The fourth-order valence-electron chi connectivity index (χ4n) is 4.27. The molecule has 4 rings (SSSR count). The maximum atomic E-state index is 14.1. The highest BCUT2D eigenvalue weighted by Gasteiger charge is 2.43. The number of aliphatic hydroxyl groups excluding tert-OH is 2. The quantitative estimate of drug-likeness (QED) is 0.514. The molecule has 3 N–H and O–H groups in total. The van der Waals surface area contributed by atoms with Crippen LogP contribution in [0.3, 0.4) is 0 Å². The molecule has 3 atom stereocenters. The number of aliphatic hydroxyl groups is 2. The fraction of sp³-hybridized carbons (Fsp3) is 0.458. The zero-order valence-corrected chi connectivity index (χ0v) is 20.7. The van der Waals surface area contributed by atoms with E-state index in [1.54, 1.807) is 13.1 Å². The molecular weight excluding hydrogens is 495 g/mol. The number of fused-ring (bicyclic) bond motifs is 2. The zero-order valence-electron chi connectivity index (χ0n) is 19.9. The minimum absolute atomic E-state index is 0.0881. The highest BCUT2D eigenvalue weighted by molar-refractivity contribution is 6.30. The van der Waals surface area contributed by atoms with Crippen LogP contribution in [0.15, 0.2) is 40.7 Å². The van der Waals surface area contributed by atoms with Crippen molar-refractivity contribution in [1.29, 1.82) is 0 Å². The van der Waals surface area contributed by atoms with Gasteiger partial charge in [0, 0.05) is 25.2 Å². The Labute approximate surface area is 212 Å². The molecule has 1 fully saturated rings. The number of hydrogen-bond acceptors (Lipinski definition) is 8. The molecule has 0 saturated carbocycles. The van der Waals surface area contributed by atoms with Crippen molar-refractivity contribution in [2.24, 2.45) is 4.99 Å². The maximum absolute atomic E-state index is 14.1. The summed E-state index contributed by atoms with van der Waals surface area (Å²) in [5.74, 6) is -2.03. The van der Waals surface area contributed by atoms with Gasteiger partial charge in [-0.3, -0.25) is 9.59 Å². The number of hydrogen-bond donors (Lipinski definition) is 3. The summed E-state index contributed by atoms with van der Waals surface area (Å²) in [4.78, 5) is 33.3. The van der Waals surface area contributed by atoms with Gasteiger partial charge in [-0.1, -0.05) is 24.6 Å². The highest BCUT2D eigenvalue weighted by atomic mass is 35.5. The van der Waals surface area contributed by atoms with Crippen molar-refractivity contribution in [3.8, 4) is 5.75 Å². The molecule has 0 radical (unpaired) electrons. The van der Waals surface area contributed by atoms with Crippen LogP contribution in [0.5, 0.6) is 5.75 Å². The van der Waals surface area contributed by atoms with Gasteiger partial charge in [-0.25, -0.2) is 9.38 Å². The van der Waals surface area contributed by atoms with Crippen LogP contribution in [0.1, 0.15) is 25.3 Å². The number of amidine groups is 1. The van der Waals surface area contributed by atoms with E-state index in [0.29, 0.717) is 18.4 Å². The van der Waals surface area contributed by atoms with Gasteiger partial charge in [-0.2, -0.15) is 0 Å². The SMILES string of the molecule is CC[C@H]1COCC2C3=NC(=C(O)C(O)N31)C(=O)NCc1cc(Cl)c(F)cc1OCC/C=C/C(=O)N2C. The minimum Gasteiger partial charge on any atom is -0.506 e. The Kier molecular flexibility index (Phi) is 7.82. The van der Waals surface area contributed by atoms with Gasteiger partial charge in [0.15, 0.2) is 17.7 Å². The summed E-state index contributed by atoms with van der Waals surface area (Å²) in [6.45, 7) is 2.27. The molecule has 2 bridgehead atoms. The summed E-state index contributed by atoms with van der Waals surface area (Å²) in [7, 11) is 1.57. The largest absolute Gasteiger partial charge is 0.506 e. The molecule has 2 amide bonds. The topological polar surface area (TPSA) is 124 Å². The molecule has 194 valence electrons. The summed E-state index contributed by atoms with van der Waals surface area (Å²) in [5, 5.41) is 24.2. The number of amides is 2. The Morgan fingerprint density at radius 3 is 2.83 bits per heavy atom. The number of rotatable bonds is 1. The van der Waals surface area contributed by atoms with E-state index < -0.39 is 35.5 Å². The van der Waals surface area contributed by atoms with Crippen LogP contribution in [-0.4, -0.2) is 82.8 Å². The number of nitrogens with zero attached hydrogens (tertiary/aromatic N) is 3. The zero-order chi connectivity index (χ0) is 26.0. The van der Waals surface area contributed by atoms with Gasteiger partial charge >= 0.3 is 0 Å². The van der Waals surface area contributed by atoms with E-state index in [0.717, 1.165) is 6.07 Å². The van der Waals surface area contributed by atoms with Crippen molar-refractivity contribution in [3.05, 3.63) is 52.1 Å². The molecule has 0 spiro atoms. The Morgan fingerprint density at radius 1 is 1.31 bits per heavy atom. The van der Waals surface area contributed by atoms with Gasteiger partial charge in [0.1, 0.15) is 23.4 Å². The predicted molar refractivity (Wildman–Crippen MR) is 129 cm³/mol. The van der Waals surface area contributed by atoms with Crippen molar-refractivity contribution in [2.45, 2.75) is 44.6 Å². The van der Waals surface area contributed by atoms with Crippen LogP contribution in [0.25, 0.3) is 0 Å². The van der Waals surface area contributed by atoms with Crippen LogP contribution in [0.2, 0.25) is 5.02 Å². The molecule has 3 aliphatic heterocycles. The number of aliphatic imine (C=N–C) groups is 1. The van der Waals surface area contributed by atoms with Crippen LogP contribution < -0.4 is 10.1 Å². The third kappa shape index (κ3) is 5.04. The summed E-state index contributed by atoms with van der Waals surface area (Å²) in [6, 6.07) is 1.39. The molecule has 10 nitrogen and oxygen atoms in total. The van der Waals surface area contributed by atoms with E-state index in [-0.39, 0.29) is 54.9 Å². The van der Waals surface area contributed by atoms with E-state index >= 15 is 0 Å². The molecule has 1 saturated heterocycles. The number of carbonyl (C=O) groups is 2. The highest BCUT2D eigenvalue weighted by Crippen LogP contribution is 2.29. The molecular formula is C24H28ClFN4O6. The summed E-state index contributed by atoms with van der Waals surface area (Å²) < 4.78 is 25.5. The number of benzene rings is 1. The second-order valence-corrected chi connectivity index (χ2v) is 9.05. The Morgan fingerprint density at radius 2 is 2.08 bits per heavy atom. The number of nitrogens with one attached hydrogen (secondary N) is 1. The standard InChI is InChI=1S/C24H28ClFN4O6/c1-3-14-11-35-12-17-22-28-20(21(32)24(34)30(14)22)23(33)27-10-13-8-15(25)16(26)9-18(13)36-7-5-4-6-19(31)29(17)2/h4,6,8-9,14,17,24,32,34H,3,5,7,10-12H2,1-2H3,(H,27,33)/b6-4+/t14-,17?,24?/m0/s1. The summed E-state index contributed by atoms with van der Waals surface area (Å²) >= 11 is 5.93. The van der Waals surface area contributed by atoms with Crippen molar-refractivity contribution >= 4 is 29.3 Å². The number of halogens is 2. The normalized spacial score (nSPS) is 26.5. The smallest absolute Gasteiger partial charge is 0.273 e. The van der Waals surface area contributed by atoms with Crippen molar-refractivity contribution < 1.29 is 33.7 Å². The summed E-state index contributed by atoms with van der Waals surface area (Å²) in [5.41, 5.74) is 0.00816. The first-order valence-corrected chi connectivity index (χ1v) is 12.0. The summed E-state index contributed by atoms with van der Waals surface area (Å²) in [6.07, 6.45) is 2.37. The average Bonchev–Trinajstić information content (AvgIpc) is 3.04. The molecule has 0 aromatic heterocycles. The first kappa shape index (κ1) is 25.9. The van der Waals surface area contributed by atoms with Gasteiger partial charge in [0.05, 0.1) is 30.9 Å². The first-order chi connectivity index (χ1) is 17.2. The molecule has 0 aliphatic carbocycles. The lowest BCUT2D eigenvalue weighted by Gasteiger charge is -2.40. The molecule has 12 heteroatoms. The lowest BCUT2D eigenvalue weighted by molar-refractivity contribution is -0.126. The minimum atomic E-state index is -1.57. The van der Waals surface area contributed by atoms with Crippen LogP contribution in [0, 0.1) is 5.82 Å². The number of ether oxygens (including phenoxy) is 2. The van der Waals surface area contributed by atoms with Crippen LogP contribution in [-0.2, 0) is 20.9 Å². The van der Waals surface area contributed by atoms with E-state index in [1.165, 1.54) is 21.9 Å². The monoisotopic (exact) mass is 522 g/mol. The lowest BCUT2D eigenvalue weighted by atomic mass is 10.1. The van der Waals surface area contributed by atoms with Crippen molar-refractivity contribution in [1.82, 2.24) is 15.1 Å². The predicted octanol–water partition coefficient (Wildman–Crippen LogP) is 1.87. The van der Waals surface area contributed by atoms with Gasteiger partial charge in [0.2, 0.25) is 5.91 Å². The van der Waals surface area contributed by atoms with E-state index in [9.17, 15) is 24.2 Å². The number of carbonyl (C=O) groups excluding carboxylic acids is 2.